The lowest BCUT2D eigenvalue weighted by Crippen LogP contribution is -2.23. The average molecular weight is 242 g/mol. The van der Waals surface area contributed by atoms with Crippen molar-refractivity contribution in [1.82, 2.24) is 0 Å². The number of rotatable bonds is 2. The zero-order chi connectivity index (χ0) is 6.78. The molecule has 0 heterocycles. The summed E-state index contributed by atoms with van der Waals surface area (Å²) in [7, 11) is 0. The third-order valence-corrected chi connectivity index (χ3v) is 1.17. The first-order valence-electron chi connectivity index (χ1n) is 1.75. The molecule has 1 unspecified atom stereocenters. The van der Waals surface area contributed by atoms with E-state index < -0.39 is 16.8 Å². The maximum absolute atomic E-state index is 11.5. The van der Waals surface area contributed by atoms with Gasteiger partial charge in [-0.25, -0.2) is 8.78 Å². The highest BCUT2D eigenvalue weighted by Crippen LogP contribution is 2.29. The molecule has 0 saturated carbocycles. The first kappa shape index (κ1) is 8.45. The molecule has 0 fully saturated rings. The smallest absolute Gasteiger partial charge is 0.248 e. The molecule has 5 heteroatoms. The normalized spacial score (nSPS) is 16.1. The summed E-state index contributed by atoms with van der Waals surface area (Å²) in [4.78, 5) is 0. The predicted molar refractivity (Wildman–Crippen MR) is 29.8 cm³/mol. The van der Waals surface area contributed by atoms with E-state index in [9.17, 15) is 17.6 Å². The van der Waals surface area contributed by atoms with E-state index in [4.69, 9.17) is 0 Å². The van der Waals surface area contributed by atoms with Gasteiger partial charge in [-0.1, -0.05) is 0 Å². The van der Waals surface area contributed by atoms with Gasteiger partial charge in [0.2, 0.25) is 6.17 Å². The SMILES string of the molecule is FCC(F)C(F)(F)I. The summed E-state index contributed by atoms with van der Waals surface area (Å²) < 4.78 is 41.9. The van der Waals surface area contributed by atoms with E-state index in [0.29, 0.717) is 22.6 Å². The van der Waals surface area contributed by atoms with E-state index in [1.807, 2.05) is 0 Å². The van der Waals surface area contributed by atoms with Crippen molar-refractivity contribution in [3.05, 3.63) is 0 Å². The van der Waals surface area contributed by atoms with Gasteiger partial charge in [0.15, 0.2) is 0 Å². The maximum atomic E-state index is 11.5. The van der Waals surface area contributed by atoms with Gasteiger partial charge in [-0.2, -0.15) is 8.78 Å². The molecule has 0 aliphatic carbocycles. The molecule has 0 rings (SSSR count). The second-order valence-corrected chi connectivity index (χ2v) is 2.60. The van der Waals surface area contributed by atoms with E-state index in [1.165, 1.54) is 0 Å². The lowest BCUT2D eigenvalue weighted by atomic mass is 10.4. The largest absolute Gasteiger partial charge is 0.329 e. The Morgan fingerprint density at radius 2 is 1.88 bits per heavy atom. The molecule has 0 bridgehead atoms. The van der Waals surface area contributed by atoms with E-state index in [-0.39, 0.29) is 0 Å². The van der Waals surface area contributed by atoms with E-state index >= 15 is 0 Å². The highest BCUT2D eigenvalue weighted by molar-refractivity contribution is 14.1. The van der Waals surface area contributed by atoms with Gasteiger partial charge in [0.05, 0.1) is 0 Å². The molecule has 0 aromatic heterocycles. The van der Waals surface area contributed by atoms with Gasteiger partial charge < -0.3 is 0 Å². The van der Waals surface area contributed by atoms with Gasteiger partial charge in [0.25, 0.3) is 0 Å². The fraction of sp³-hybridized carbons (Fsp3) is 1.00. The Balaban J connectivity index is 3.62. The van der Waals surface area contributed by atoms with Crippen molar-refractivity contribution >= 4 is 22.6 Å². The molecule has 0 nitrogen and oxygen atoms in total. The van der Waals surface area contributed by atoms with Gasteiger partial charge in [0, 0.05) is 22.6 Å². The van der Waals surface area contributed by atoms with Crippen LogP contribution in [-0.2, 0) is 0 Å². The summed E-state index contributed by atoms with van der Waals surface area (Å²) in [6.45, 7) is -1.63. The minimum Gasteiger partial charge on any atom is -0.248 e. The van der Waals surface area contributed by atoms with Crippen LogP contribution in [0, 0.1) is 0 Å². The van der Waals surface area contributed by atoms with Crippen molar-refractivity contribution < 1.29 is 17.6 Å². The molecule has 0 aromatic rings. The van der Waals surface area contributed by atoms with Gasteiger partial charge in [-0.15, -0.1) is 0 Å². The Hall–Kier alpha value is 0.450. The van der Waals surface area contributed by atoms with Gasteiger partial charge in [-0.05, 0) is 0 Å². The van der Waals surface area contributed by atoms with Crippen LogP contribution in [0.25, 0.3) is 0 Å². The monoisotopic (exact) mass is 242 g/mol. The number of alkyl halides is 5. The standard InChI is InChI=1S/C3H3F4I/c4-1-2(5)3(6,7)8/h2H,1H2. The Kier molecular flexibility index (Phi) is 3.00. The molecule has 0 N–H and O–H groups in total. The van der Waals surface area contributed by atoms with Crippen molar-refractivity contribution in [2.75, 3.05) is 6.67 Å². The van der Waals surface area contributed by atoms with Crippen LogP contribution in [0.5, 0.6) is 0 Å². The quantitative estimate of drug-likeness (QED) is 0.396. The topological polar surface area (TPSA) is 0 Å². The Bertz CT molecular complexity index is 68.2. The Labute approximate surface area is 57.4 Å². The van der Waals surface area contributed by atoms with Crippen LogP contribution >= 0.6 is 22.6 Å². The lowest BCUT2D eigenvalue weighted by molar-refractivity contribution is 0.0199. The first-order valence-corrected chi connectivity index (χ1v) is 2.83. The molecule has 0 aromatic carbocycles. The number of hydrogen-bond acceptors (Lipinski definition) is 0. The van der Waals surface area contributed by atoms with Crippen molar-refractivity contribution in [3.63, 3.8) is 0 Å². The minimum atomic E-state index is -3.56. The zero-order valence-corrected chi connectivity index (χ0v) is 5.83. The zero-order valence-electron chi connectivity index (χ0n) is 3.67. The molecule has 8 heavy (non-hydrogen) atoms. The molecule has 0 amide bonds. The van der Waals surface area contributed by atoms with Crippen molar-refractivity contribution in [2.45, 2.75) is 10.1 Å². The molecule has 0 saturated heterocycles. The van der Waals surface area contributed by atoms with Crippen molar-refractivity contribution in [3.8, 4) is 0 Å². The third-order valence-electron chi connectivity index (χ3n) is 0.491. The maximum Gasteiger partial charge on any atom is 0.329 e. The molecule has 0 aliphatic rings. The molecule has 0 aliphatic heterocycles. The molecule has 0 spiro atoms. The van der Waals surface area contributed by atoms with Crippen LogP contribution in [0.2, 0.25) is 0 Å². The van der Waals surface area contributed by atoms with Crippen LogP contribution < -0.4 is 0 Å². The summed E-state index contributed by atoms with van der Waals surface area (Å²) in [5.41, 5.74) is 0. The van der Waals surface area contributed by atoms with Crippen LogP contribution in [0.3, 0.4) is 0 Å². The molecular formula is C3H3F4I. The van der Waals surface area contributed by atoms with Crippen LogP contribution in [0.4, 0.5) is 17.6 Å². The van der Waals surface area contributed by atoms with Gasteiger partial charge in [0.1, 0.15) is 6.67 Å². The molecular weight excluding hydrogens is 239 g/mol. The summed E-state index contributed by atoms with van der Waals surface area (Å²) in [6, 6.07) is 0. The first-order chi connectivity index (χ1) is 3.48. The van der Waals surface area contributed by atoms with Crippen molar-refractivity contribution in [2.24, 2.45) is 0 Å². The molecule has 1 atom stereocenters. The summed E-state index contributed by atoms with van der Waals surface area (Å²) in [5.74, 6) is 0. The van der Waals surface area contributed by atoms with Gasteiger partial charge >= 0.3 is 3.93 Å². The second kappa shape index (κ2) is 2.84. The third kappa shape index (κ3) is 2.68. The number of halogens is 5. The highest BCUT2D eigenvalue weighted by Gasteiger charge is 2.36. The van der Waals surface area contributed by atoms with E-state index in [1.54, 1.807) is 0 Å². The fourth-order valence-corrected chi connectivity index (χ4v) is 0.254. The lowest BCUT2D eigenvalue weighted by Gasteiger charge is -2.08. The van der Waals surface area contributed by atoms with Gasteiger partial charge in [-0.3, -0.25) is 0 Å². The predicted octanol–water partition coefficient (Wildman–Crippen LogP) is 2.32. The molecule has 50 valence electrons. The minimum absolute atomic E-state index is 0.554. The fourth-order valence-electron chi connectivity index (χ4n) is 0.0875. The Morgan fingerprint density at radius 1 is 1.50 bits per heavy atom. The summed E-state index contributed by atoms with van der Waals surface area (Å²) >= 11 is 0.554. The average Bonchev–Trinajstić information content (AvgIpc) is 1.62. The molecule has 0 radical (unpaired) electrons. The Morgan fingerprint density at radius 3 is 1.88 bits per heavy atom. The number of hydrogen-bond donors (Lipinski definition) is 0. The summed E-state index contributed by atoms with van der Waals surface area (Å²) in [5, 5.41) is 0. The van der Waals surface area contributed by atoms with Crippen molar-refractivity contribution in [1.29, 1.82) is 0 Å². The van der Waals surface area contributed by atoms with E-state index in [2.05, 4.69) is 0 Å². The highest BCUT2D eigenvalue weighted by atomic mass is 127. The van der Waals surface area contributed by atoms with Crippen LogP contribution in [-0.4, -0.2) is 16.8 Å². The van der Waals surface area contributed by atoms with E-state index in [0.717, 1.165) is 0 Å². The summed E-state index contributed by atoms with van der Waals surface area (Å²) in [6.07, 6.45) is -2.66. The second-order valence-electron chi connectivity index (χ2n) is 1.16. The van der Waals surface area contributed by atoms with Crippen LogP contribution in [0.1, 0.15) is 0 Å². The van der Waals surface area contributed by atoms with Crippen LogP contribution in [0.15, 0.2) is 0 Å².